The lowest BCUT2D eigenvalue weighted by molar-refractivity contribution is 0.156. The predicted octanol–water partition coefficient (Wildman–Crippen LogP) is 3.82. The summed E-state index contributed by atoms with van der Waals surface area (Å²) in [5.74, 6) is 1.14. The summed E-state index contributed by atoms with van der Waals surface area (Å²) in [5.41, 5.74) is 1.10. The van der Waals surface area contributed by atoms with E-state index >= 15 is 0 Å². The van der Waals surface area contributed by atoms with Gasteiger partial charge in [0, 0.05) is 44.9 Å². The third-order valence-corrected chi connectivity index (χ3v) is 5.44. The van der Waals surface area contributed by atoms with Gasteiger partial charge in [-0.25, -0.2) is 4.39 Å². The zero-order chi connectivity index (χ0) is 19.4. The number of guanidine groups is 1. The van der Waals surface area contributed by atoms with E-state index < -0.39 is 5.82 Å². The first kappa shape index (κ1) is 21.8. The van der Waals surface area contributed by atoms with Crippen LogP contribution in [0.5, 0.6) is 11.5 Å². The Morgan fingerprint density at radius 3 is 2.97 bits per heavy atom. The number of hydrogen-bond donors (Lipinski definition) is 1. The highest BCUT2D eigenvalue weighted by Gasteiger charge is 2.42. The quantitative estimate of drug-likeness (QED) is 0.384. The average molecular weight is 512 g/mol. The van der Waals surface area contributed by atoms with E-state index in [1.54, 1.807) is 37.6 Å². The molecule has 1 unspecified atom stereocenters. The normalized spacial score (nSPS) is 21.3. The van der Waals surface area contributed by atoms with Gasteiger partial charge in [0.25, 0.3) is 0 Å². The number of nitrogens with zero attached hydrogens (tertiary/aromatic N) is 3. The Morgan fingerprint density at radius 2 is 2.28 bits per heavy atom. The van der Waals surface area contributed by atoms with Gasteiger partial charge >= 0.3 is 0 Å². The first-order valence-electron chi connectivity index (χ1n) is 9.57. The molecule has 0 radical (unpaired) electrons. The van der Waals surface area contributed by atoms with Gasteiger partial charge in [0.15, 0.2) is 17.5 Å². The number of nitrogens with one attached hydrogen (secondary N) is 1. The van der Waals surface area contributed by atoms with Crippen molar-refractivity contribution in [2.45, 2.75) is 19.4 Å². The van der Waals surface area contributed by atoms with Crippen LogP contribution in [0.3, 0.4) is 0 Å². The summed E-state index contributed by atoms with van der Waals surface area (Å²) in [6, 6.07) is 8.47. The Bertz CT molecular complexity index is 844. The van der Waals surface area contributed by atoms with Crippen molar-refractivity contribution in [3.63, 3.8) is 0 Å². The van der Waals surface area contributed by atoms with Crippen LogP contribution in [0, 0.1) is 11.2 Å². The summed E-state index contributed by atoms with van der Waals surface area (Å²) in [5, 5.41) is 3.35. The van der Waals surface area contributed by atoms with Crippen molar-refractivity contribution in [3.8, 4) is 11.5 Å². The van der Waals surface area contributed by atoms with Gasteiger partial charge in [0.05, 0.1) is 12.8 Å². The number of hydrogen-bond acceptors (Lipinski definition) is 4. The predicted molar refractivity (Wildman–Crippen MR) is 120 cm³/mol. The molecule has 0 saturated carbocycles. The van der Waals surface area contributed by atoms with E-state index in [1.165, 1.54) is 6.07 Å². The topological polar surface area (TPSA) is 59.0 Å². The smallest absolute Gasteiger partial charge is 0.193 e. The summed E-state index contributed by atoms with van der Waals surface area (Å²) in [4.78, 5) is 10.6. The number of halogens is 2. The fourth-order valence-electron chi connectivity index (χ4n) is 3.87. The fourth-order valence-corrected chi connectivity index (χ4v) is 3.87. The molecule has 0 bridgehead atoms. The Morgan fingerprint density at radius 1 is 1.38 bits per heavy atom. The highest BCUT2D eigenvalue weighted by Crippen LogP contribution is 2.38. The fraction of sp³-hybridized carbons (Fsp3) is 0.429. The van der Waals surface area contributed by atoms with Crippen LogP contribution >= 0.6 is 24.0 Å². The summed E-state index contributed by atoms with van der Waals surface area (Å²) in [6.07, 6.45) is 5.44. The van der Waals surface area contributed by atoms with Crippen molar-refractivity contribution in [1.29, 1.82) is 0 Å². The van der Waals surface area contributed by atoms with Crippen molar-refractivity contribution in [3.05, 3.63) is 54.1 Å². The largest absolute Gasteiger partial charge is 0.453 e. The molecule has 4 rings (SSSR count). The molecule has 29 heavy (non-hydrogen) atoms. The van der Waals surface area contributed by atoms with Crippen LogP contribution in [0.2, 0.25) is 0 Å². The van der Waals surface area contributed by atoms with Crippen molar-refractivity contribution in [1.82, 2.24) is 15.2 Å². The van der Waals surface area contributed by atoms with Gasteiger partial charge in [-0.2, -0.15) is 0 Å². The number of rotatable bonds is 4. The molecule has 156 valence electrons. The molecule has 0 amide bonds. The first-order chi connectivity index (χ1) is 13.7. The van der Waals surface area contributed by atoms with Crippen LogP contribution in [0.15, 0.2) is 47.7 Å². The van der Waals surface area contributed by atoms with E-state index in [2.05, 4.69) is 20.2 Å². The summed E-state index contributed by atoms with van der Waals surface area (Å²) < 4.78 is 25.6. The highest BCUT2D eigenvalue weighted by atomic mass is 127. The lowest BCUT2D eigenvalue weighted by Gasteiger charge is -2.25. The van der Waals surface area contributed by atoms with Gasteiger partial charge in [-0.15, -0.1) is 24.0 Å². The summed E-state index contributed by atoms with van der Waals surface area (Å²) >= 11 is 0. The van der Waals surface area contributed by atoms with Crippen molar-refractivity contribution >= 4 is 29.9 Å². The van der Waals surface area contributed by atoms with E-state index in [4.69, 9.17) is 9.47 Å². The molecule has 8 heteroatoms. The van der Waals surface area contributed by atoms with E-state index in [9.17, 15) is 4.39 Å². The standard InChI is InChI=1S/C21H25FN4O2.HI/c1-23-20(26-9-6-21(14-26)7-10-27-15-21)25-12-16-4-5-19(18(22)11-16)28-17-3-2-8-24-13-17;/h2-5,8,11,13H,6-7,9-10,12,14-15H2,1H3,(H,23,25);1H. The molecule has 2 aromatic rings. The first-order valence-corrected chi connectivity index (χ1v) is 9.57. The number of ether oxygens (including phenoxy) is 2. The van der Waals surface area contributed by atoms with Gasteiger partial charge in [-0.05, 0) is 42.7 Å². The van der Waals surface area contributed by atoms with Gasteiger partial charge in [0.2, 0.25) is 0 Å². The van der Waals surface area contributed by atoms with E-state index in [0.29, 0.717) is 12.3 Å². The van der Waals surface area contributed by atoms with Gasteiger partial charge in [-0.1, -0.05) is 6.07 Å². The molecule has 2 aliphatic rings. The van der Waals surface area contributed by atoms with Gasteiger partial charge < -0.3 is 19.7 Å². The van der Waals surface area contributed by atoms with Crippen LogP contribution < -0.4 is 10.1 Å². The molecule has 1 N–H and O–H groups in total. The molecule has 2 saturated heterocycles. The minimum atomic E-state index is -0.402. The minimum absolute atomic E-state index is 0. The van der Waals surface area contributed by atoms with Crippen LogP contribution in [0.25, 0.3) is 0 Å². The van der Waals surface area contributed by atoms with Gasteiger partial charge in [0.1, 0.15) is 5.75 Å². The number of aromatic nitrogens is 1. The maximum Gasteiger partial charge on any atom is 0.193 e. The monoisotopic (exact) mass is 512 g/mol. The van der Waals surface area contributed by atoms with Crippen LogP contribution in [-0.2, 0) is 11.3 Å². The van der Waals surface area contributed by atoms with Crippen molar-refractivity contribution in [2.24, 2.45) is 10.4 Å². The Labute approximate surface area is 187 Å². The molecule has 1 spiro atoms. The third-order valence-electron chi connectivity index (χ3n) is 5.44. The molecular weight excluding hydrogens is 486 g/mol. The lowest BCUT2D eigenvalue weighted by Crippen LogP contribution is -2.41. The molecule has 1 atom stereocenters. The molecule has 2 aliphatic heterocycles. The van der Waals surface area contributed by atoms with E-state index in [0.717, 1.165) is 50.7 Å². The van der Waals surface area contributed by atoms with E-state index in [1.807, 2.05) is 6.07 Å². The molecular formula is C21H26FIN4O2. The SMILES string of the molecule is CN=C(NCc1ccc(Oc2cccnc2)c(F)c1)N1CCC2(CCOC2)C1.I. The molecule has 0 aliphatic carbocycles. The van der Waals surface area contributed by atoms with Crippen molar-refractivity contribution < 1.29 is 13.9 Å². The second-order valence-electron chi connectivity index (χ2n) is 7.43. The molecule has 1 aromatic carbocycles. The molecule has 6 nitrogen and oxygen atoms in total. The average Bonchev–Trinajstić information content (AvgIpc) is 3.35. The Balaban J connectivity index is 0.00000240. The van der Waals surface area contributed by atoms with Gasteiger partial charge in [-0.3, -0.25) is 9.98 Å². The number of benzene rings is 1. The second-order valence-corrected chi connectivity index (χ2v) is 7.43. The Kier molecular flexibility index (Phi) is 7.28. The van der Waals surface area contributed by atoms with Crippen LogP contribution in [0.4, 0.5) is 4.39 Å². The summed E-state index contributed by atoms with van der Waals surface area (Å²) in [7, 11) is 1.78. The minimum Gasteiger partial charge on any atom is -0.453 e. The zero-order valence-electron chi connectivity index (χ0n) is 16.4. The zero-order valence-corrected chi connectivity index (χ0v) is 18.8. The molecule has 3 heterocycles. The number of pyridine rings is 1. The molecule has 2 fully saturated rings. The maximum absolute atomic E-state index is 14.4. The number of aliphatic imine (C=N–C) groups is 1. The van der Waals surface area contributed by atoms with Crippen LogP contribution in [-0.4, -0.2) is 49.2 Å². The lowest BCUT2D eigenvalue weighted by atomic mass is 9.87. The van der Waals surface area contributed by atoms with Crippen molar-refractivity contribution in [2.75, 3.05) is 33.4 Å². The highest BCUT2D eigenvalue weighted by molar-refractivity contribution is 14.0. The maximum atomic E-state index is 14.4. The molecule has 1 aromatic heterocycles. The van der Waals surface area contributed by atoms with E-state index in [-0.39, 0.29) is 35.1 Å². The van der Waals surface area contributed by atoms with Crippen LogP contribution in [0.1, 0.15) is 18.4 Å². The second kappa shape index (κ2) is 9.71. The Hall–Kier alpha value is -1.94. The number of likely N-dealkylation sites (tertiary alicyclic amines) is 1. The third kappa shape index (κ3) is 5.16. The summed E-state index contributed by atoms with van der Waals surface area (Å²) in [6.45, 7) is 4.11.